The van der Waals surface area contributed by atoms with E-state index in [-0.39, 0.29) is 0 Å². The van der Waals surface area contributed by atoms with Crippen molar-refractivity contribution in [3.63, 3.8) is 0 Å². The zero-order valence-corrected chi connectivity index (χ0v) is 10.8. The number of rotatable bonds is 3. The van der Waals surface area contributed by atoms with Crippen molar-refractivity contribution in [2.45, 2.75) is 25.4 Å². The topological polar surface area (TPSA) is 44.3 Å². The van der Waals surface area contributed by atoms with E-state index in [9.17, 15) is 5.11 Å². The number of benzene rings is 1. The van der Waals surface area contributed by atoms with Gasteiger partial charge in [-0.15, -0.1) is 0 Å². The molecular weight excluding hydrogens is 236 g/mol. The minimum absolute atomic E-state index is 0.586. The molecule has 0 unspecified atom stereocenters. The Balaban J connectivity index is 1.97. The van der Waals surface area contributed by atoms with E-state index in [0.29, 0.717) is 6.54 Å². The van der Waals surface area contributed by atoms with Crippen LogP contribution in [-0.2, 0) is 0 Å². The normalized spacial score (nSPS) is 19.0. The van der Waals surface area contributed by atoms with Crippen molar-refractivity contribution in [2.75, 3.05) is 25.0 Å². The molecule has 0 aromatic heterocycles. The third kappa shape index (κ3) is 3.35. The van der Waals surface area contributed by atoms with Crippen LogP contribution in [0.15, 0.2) is 18.2 Å². The van der Waals surface area contributed by atoms with Crippen molar-refractivity contribution in [1.82, 2.24) is 5.32 Å². The lowest BCUT2D eigenvalue weighted by molar-refractivity contribution is 0.0232. The molecule has 1 saturated heterocycles. The summed E-state index contributed by atoms with van der Waals surface area (Å²) in [6.45, 7) is 4.38. The van der Waals surface area contributed by atoms with Crippen LogP contribution in [0.25, 0.3) is 0 Å². The highest BCUT2D eigenvalue weighted by Crippen LogP contribution is 2.23. The first-order valence-corrected chi connectivity index (χ1v) is 6.40. The number of hydrogen-bond acceptors (Lipinski definition) is 3. The van der Waals surface area contributed by atoms with Crippen LogP contribution in [0.2, 0.25) is 5.02 Å². The van der Waals surface area contributed by atoms with Gasteiger partial charge < -0.3 is 15.7 Å². The van der Waals surface area contributed by atoms with Crippen LogP contribution in [0.5, 0.6) is 0 Å². The maximum absolute atomic E-state index is 10.3. The summed E-state index contributed by atoms with van der Waals surface area (Å²) in [6, 6.07) is 5.75. The highest BCUT2D eigenvalue weighted by atomic mass is 35.5. The molecule has 1 aliphatic heterocycles. The average molecular weight is 255 g/mol. The fourth-order valence-corrected chi connectivity index (χ4v) is 2.38. The van der Waals surface area contributed by atoms with E-state index in [0.717, 1.165) is 42.2 Å². The molecule has 3 nitrogen and oxygen atoms in total. The maximum atomic E-state index is 10.3. The third-order valence-corrected chi connectivity index (χ3v) is 3.57. The molecule has 4 heteroatoms. The predicted molar refractivity (Wildman–Crippen MR) is 71.7 cm³/mol. The molecule has 1 aromatic carbocycles. The lowest BCUT2D eigenvalue weighted by Crippen LogP contribution is -2.46. The van der Waals surface area contributed by atoms with Gasteiger partial charge in [-0.1, -0.05) is 11.6 Å². The van der Waals surface area contributed by atoms with Crippen LogP contribution in [0.3, 0.4) is 0 Å². The molecule has 1 heterocycles. The summed E-state index contributed by atoms with van der Waals surface area (Å²) in [5.74, 6) is 0. The first-order chi connectivity index (χ1) is 8.09. The molecule has 1 aromatic rings. The molecule has 0 amide bonds. The Hall–Kier alpha value is -0.770. The van der Waals surface area contributed by atoms with Gasteiger partial charge in [0.05, 0.1) is 5.60 Å². The van der Waals surface area contributed by atoms with Gasteiger partial charge in [0.2, 0.25) is 0 Å². The second-order valence-corrected chi connectivity index (χ2v) is 5.22. The molecule has 1 aliphatic rings. The number of aliphatic hydroxyl groups is 1. The minimum Gasteiger partial charge on any atom is -0.388 e. The summed E-state index contributed by atoms with van der Waals surface area (Å²) in [4.78, 5) is 0. The molecule has 0 radical (unpaired) electrons. The van der Waals surface area contributed by atoms with Crippen molar-refractivity contribution in [2.24, 2.45) is 0 Å². The monoisotopic (exact) mass is 254 g/mol. The molecule has 94 valence electrons. The molecule has 2 rings (SSSR count). The molecular formula is C13H19ClN2O. The second kappa shape index (κ2) is 5.25. The first kappa shape index (κ1) is 12.7. The lowest BCUT2D eigenvalue weighted by Gasteiger charge is -2.33. The maximum Gasteiger partial charge on any atom is 0.0843 e. The highest BCUT2D eigenvalue weighted by molar-refractivity contribution is 6.30. The zero-order chi connectivity index (χ0) is 12.3. The van der Waals surface area contributed by atoms with Crippen molar-refractivity contribution >= 4 is 17.3 Å². The largest absolute Gasteiger partial charge is 0.388 e. The summed E-state index contributed by atoms with van der Waals surface area (Å²) in [7, 11) is 0. The number of nitrogens with one attached hydrogen (secondary N) is 2. The van der Waals surface area contributed by atoms with Gasteiger partial charge in [-0.25, -0.2) is 0 Å². The Labute approximate surface area is 107 Å². The van der Waals surface area contributed by atoms with Crippen LogP contribution in [0, 0.1) is 6.92 Å². The van der Waals surface area contributed by atoms with Crippen molar-refractivity contribution < 1.29 is 5.11 Å². The fraction of sp³-hybridized carbons (Fsp3) is 0.538. The number of hydrogen-bond donors (Lipinski definition) is 3. The van der Waals surface area contributed by atoms with Gasteiger partial charge in [-0.3, -0.25) is 0 Å². The Kier molecular flexibility index (Phi) is 3.92. The smallest absolute Gasteiger partial charge is 0.0843 e. The highest BCUT2D eigenvalue weighted by Gasteiger charge is 2.28. The summed E-state index contributed by atoms with van der Waals surface area (Å²) in [5.41, 5.74) is 1.56. The quantitative estimate of drug-likeness (QED) is 0.775. The molecule has 0 saturated carbocycles. The molecule has 3 N–H and O–H groups in total. The number of anilines is 1. The predicted octanol–water partition coefficient (Wildman–Crippen LogP) is 2.17. The van der Waals surface area contributed by atoms with Crippen molar-refractivity contribution in [1.29, 1.82) is 0 Å². The summed E-state index contributed by atoms with van der Waals surface area (Å²) in [6.07, 6.45) is 1.60. The van der Waals surface area contributed by atoms with Gasteiger partial charge in [0.1, 0.15) is 0 Å². The Morgan fingerprint density at radius 2 is 2.12 bits per heavy atom. The SMILES string of the molecule is Cc1cc(Cl)ccc1NCC1(O)CCNCC1. The van der Waals surface area contributed by atoms with Crippen LogP contribution in [-0.4, -0.2) is 30.3 Å². The van der Waals surface area contributed by atoms with Gasteiger partial charge in [-0.2, -0.15) is 0 Å². The molecule has 0 aliphatic carbocycles. The van der Waals surface area contributed by atoms with Crippen LogP contribution < -0.4 is 10.6 Å². The summed E-state index contributed by atoms with van der Waals surface area (Å²) in [5, 5.41) is 17.7. The first-order valence-electron chi connectivity index (χ1n) is 6.02. The number of piperidine rings is 1. The molecule has 17 heavy (non-hydrogen) atoms. The number of halogens is 1. The van der Waals surface area contributed by atoms with Gasteiger partial charge >= 0.3 is 0 Å². The van der Waals surface area contributed by atoms with Crippen molar-refractivity contribution in [3.8, 4) is 0 Å². The van der Waals surface area contributed by atoms with Crippen LogP contribution in [0.4, 0.5) is 5.69 Å². The molecule has 0 spiro atoms. The second-order valence-electron chi connectivity index (χ2n) is 4.79. The van der Waals surface area contributed by atoms with Gasteiger partial charge in [-0.05, 0) is 56.6 Å². The van der Waals surface area contributed by atoms with E-state index in [1.54, 1.807) is 0 Å². The Morgan fingerprint density at radius 3 is 2.76 bits per heavy atom. The zero-order valence-electron chi connectivity index (χ0n) is 10.1. The van der Waals surface area contributed by atoms with E-state index in [1.807, 2.05) is 25.1 Å². The summed E-state index contributed by atoms with van der Waals surface area (Å²) >= 11 is 5.91. The van der Waals surface area contributed by atoms with E-state index >= 15 is 0 Å². The van der Waals surface area contributed by atoms with E-state index in [1.165, 1.54) is 0 Å². The Morgan fingerprint density at radius 1 is 1.41 bits per heavy atom. The number of aryl methyl sites for hydroxylation is 1. The van der Waals surface area contributed by atoms with Gasteiger partial charge in [0.25, 0.3) is 0 Å². The summed E-state index contributed by atoms with van der Waals surface area (Å²) < 4.78 is 0. The van der Waals surface area contributed by atoms with E-state index in [4.69, 9.17) is 11.6 Å². The third-order valence-electron chi connectivity index (χ3n) is 3.33. The van der Waals surface area contributed by atoms with Gasteiger partial charge in [0.15, 0.2) is 0 Å². The molecule has 1 fully saturated rings. The van der Waals surface area contributed by atoms with E-state index in [2.05, 4.69) is 10.6 Å². The van der Waals surface area contributed by atoms with Gasteiger partial charge in [0, 0.05) is 17.3 Å². The molecule has 0 bridgehead atoms. The van der Waals surface area contributed by atoms with Crippen LogP contribution in [0.1, 0.15) is 18.4 Å². The minimum atomic E-state index is -0.586. The van der Waals surface area contributed by atoms with Crippen molar-refractivity contribution in [3.05, 3.63) is 28.8 Å². The Bertz CT molecular complexity index is 389. The van der Waals surface area contributed by atoms with Crippen LogP contribution >= 0.6 is 11.6 Å². The average Bonchev–Trinajstić information content (AvgIpc) is 2.29. The van der Waals surface area contributed by atoms with E-state index < -0.39 is 5.60 Å². The fourth-order valence-electron chi connectivity index (χ4n) is 2.15. The molecule has 0 atom stereocenters. The standard InChI is InChI=1S/C13H19ClN2O/c1-10-8-11(14)2-3-12(10)16-9-13(17)4-6-15-7-5-13/h2-3,8,15-17H,4-7,9H2,1H3. The lowest BCUT2D eigenvalue weighted by atomic mass is 9.92.